The Labute approximate surface area is 98.0 Å². The van der Waals surface area contributed by atoms with Crippen molar-refractivity contribution in [3.05, 3.63) is 51.0 Å². The van der Waals surface area contributed by atoms with Gasteiger partial charge in [-0.1, -0.05) is 0 Å². The van der Waals surface area contributed by atoms with E-state index in [-0.39, 0.29) is 0 Å². The van der Waals surface area contributed by atoms with Crippen molar-refractivity contribution >= 4 is 0 Å². The van der Waals surface area contributed by atoms with Gasteiger partial charge in [0.25, 0.3) is 0 Å². The fourth-order valence-corrected chi connectivity index (χ4v) is 0.880. The van der Waals surface area contributed by atoms with Gasteiger partial charge in [0.05, 0.1) is 0 Å². The van der Waals surface area contributed by atoms with Crippen molar-refractivity contribution in [1.82, 2.24) is 0 Å². The first-order valence-corrected chi connectivity index (χ1v) is 5.78. The van der Waals surface area contributed by atoms with Crippen LogP contribution in [0, 0.1) is 6.92 Å². The predicted octanol–water partition coefficient (Wildman–Crippen LogP) is -0.654. The van der Waals surface area contributed by atoms with E-state index in [0.29, 0.717) is 0 Å². The average Bonchev–Trinajstić information content (AvgIpc) is 2.24. The Hall–Kier alpha value is -1.50. The van der Waals surface area contributed by atoms with Crippen LogP contribution in [-0.4, -0.2) is 0 Å². The number of nitrogens with zero attached hydrogens (tertiary/aromatic N) is 7. The molecule has 1 aromatic heterocycles. The molecule has 0 saturated heterocycles. The number of halogens is 1. The van der Waals surface area contributed by atoms with Crippen LogP contribution in [0.3, 0.4) is 0 Å². The van der Waals surface area contributed by atoms with E-state index in [4.69, 9.17) is 11.1 Å². The normalized spacial score (nSPS) is 7.87. The summed E-state index contributed by atoms with van der Waals surface area (Å²) in [5.41, 5.74) is 16.5. The molecule has 0 spiro atoms. The fraction of sp³-hybridized carbons (Fsp3) is 0.286. The van der Waals surface area contributed by atoms with Gasteiger partial charge >= 0.3 is 49.3 Å². The predicted molar refractivity (Wildman–Crippen MR) is 50.6 cm³/mol. The van der Waals surface area contributed by atoms with Gasteiger partial charge in [0, 0.05) is 12.1 Å². The Kier molecular flexibility index (Phi) is 8.16. The average molecular weight is 319 g/mol. The summed E-state index contributed by atoms with van der Waals surface area (Å²) in [5, 5.41) is 0. The molecule has 8 heteroatoms. The Bertz CT molecular complexity index is 338. The van der Waals surface area contributed by atoms with Crippen molar-refractivity contribution in [3.8, 4) is 0 Å². The van der Waals surface area contributed by atoms with E-state index >= 15 is 0 Å². The first-order valence-electron chi connectivity index (χ1n) is 3.85. The van der Waals surface area contributed by atoms with Gasteiger partial charge in [-0.3, -0.25) is 0 Å². The van der Waals surface area contributed by atoms with Crippen LogP contribution in [0.15, 0.2) is 31.2 Å². The third kappa shape index (κ3) is 8.82. The van der Waals surface area contributed by atoms with Crippen LogP contribution in [0.4, 0.5) is 0 Å². The molecule has 0 aliphatic heterocycles. The molecule has 0 amide bonds. The molecular formula is C7H10IN7. The van der Waals surface area contributed by atoms with Gasteiger partial charge in [-0.15, -0.1) is 0 Å². The van der Waals surface area contributed by atoms with Gasteiger partial charge in [-0.25, -0.2) is 4.57 Å². The quantitative estimate of drug-likeness (QED) is 0.227. The maximum absolute atomic E-state index is 7.60. The minimum atomic E-state index is -0.959. The van der Waals surface area contributed by atoms with Crippen LogP contribution in [0.5, 0.6) is 0 Å². The molecule has 0 atom stereocenters. The molecule has 0 aromatic carbocycles. The molecule has 0 radical (unpaired) electrons. The number of hydrogen-bond acceptors (Lipinski definition) is 2. The molecular weight excluding hydrogens is 309 g/mol. The summed E-state index contributed by atoms with van der Waals surface area (Å²) in [7, 11) is 2.01. The fourth-order valence-electron chi connectivity index (χ4n) is 0.621. The summed E-state index contributed by atoms with van der Waals surface area (Å²) < 4.78 is 8.08. The van der Waals surface area contributed by atoms with Crippen LogP contribution in [0.25, 0.3) is 20.9 Å². The molecule has 0 saturated carbocycles. The first-order chi connectivity index (χ1) is 7.20. The van der Waals surface area contributed by atoms with Gasteiger partial charge in [0.1, 0.15) is 7.05 Å². The Morgan fingerprint density at radius 2 is 1.67 bits per heavy atom. The summed E-state index contributed by atoms with van der Waals surface area (Å²) in [6.45, 7) is 2.08. The molecule has 0 N–H and O–H groups in total. The molecule has 1 aromatic rings. The third-order valence-electron chi connectivity index (χ3n) is 1.28. The van der Waals surface area contributed by atoms with Gasteiger partial charge in [0.15, 0.2) is 12.4 Å². The number of hydrogen-bond donors (Lipinski definition) is 0. The van der Waals surface area contributed by atoms with E-state index in [1.807, 2.05) is 24.0 Å². The monoisotopic (exact) mass is 319 g/mol. The zero-order valence-corrected chi connectivity index (χ0v) is 10.5. The molecule has 0 aliphatic carbocycles. The van der Waals surface area contributed by atoms with Crippen molar-refractivity contribution in [2.45, 2.75) is 6.92 Å². The topological polar surface area (TPSA) is 101 Å². The zero-order valence-electron chi connectivity index (χ0n) is 8.32. The Morgan fingerprint density at radius 1 is 1.20 bits per heavy atom. The maximum atomic E-state index is 7.60. The van der Waals surface area contributed by atoms with E-state index in [9.17, 15) is 0 Å². The molecule has 80 valence electrons. The van der Waals surface area contributed by atoms with E-state index < -0.39 is 21.8 Å². The summed E-state index contributed by atoms with van der Waals surface area (Å²) in [5.74, 6) is 0. The number of aryl methyl sites for hydroxylation is 2. The summed E-state index contributed by atoms with van der Waals surface area (Å²) in [6.07, 6.45) is 4.07. The number of aromatic nitrogens is 1. The summed E-state index contributed by atoms with van der Waals surface area (Å²) in [6, 6.07) is 4.17. The number of pyridine rings is 1. The van der Waals surface area contributed by atoms with E-state index in [2.05, 4.69) is 35.5 Å². The molecule has 1 rings (SSSR count). The Morgan fingerprint density at radius 3 is 2.00 bits per heavy atom. The van der Waals surface area contributed by atoms with Crippen molar-refractivity contribution in [1.29, 1.82) is 0 Å². The minimum absolute atomic E-state index is 0.959. The van der Waals surface area contributed by atoms with E-state index in [1.165, 1.54) is 5.56 Å². The second-order valence-electron chi connectivity index (χ2n) is 2.45. The van der Waals surface area contributed by atoms with E-state index in [1.54, 1.807) is 0 Å². The van der Waals surface area contributed by atoms with Crippen LogP contribution < -0.4 is 26.3 Å². The summed E-state index contributed by atoms with van der Waals surface area (Å²) in [4.78, 5) is 4.76. The Balaban J connectivity index is 0.000000265. The third-order valence-corrected chi connectivity index (χ3v) is 2.05. The van der Waals surface area contributed by atoms with Gasteiger partial charge in [0.2, 0.25) is 0 Å². The second-order valence-corrected chi connectivity index (χ2v) is 3.74. The van der Waals surface area contributed by atoms with Gasteiger partial charge in [-0.2, -0.15) is 0 Å². The molecule has 1 heterocycles. The molecule has 7 nitrogen and oxygen atoms in total. The van der Waals surface area contributed by atoms with Crippen molar-refractivity contribution in [2.24, 2.45) is 13.7 Å². The van der Waals surface area contributed by atoms with Crippen LogP contribution >= 0.6 is 0 Å². The van der Waals surface area contributed by atoms with Gasteiger partial charge < -0.3 is 0 Å². The number of rotatable bonds is 2. The standard InChI is InChI=1S/C7H10N.IN6/c1-7-3-5-8(2)6-4-7;2-6-4-1-5-7-3/h3-6H,1-2H3;/q+1;-1. The molecule has 0 aliphatic rings. The SMILES string of the molecule is Cc1cc[n+](C)cc1.[N-]=[N+]=N[I-]N=[N+]=[N-]. The molecule has 15 heavy (non-hydrogen) atoms. The first kappa shape index (κ1) is 13.5. The second kappa shape index (κ2) is 9.07. The summed E-state index contributed by atoms with van der Waals surface area (Å²) >= 11 is -0.959. The molecule has 0 fully saturated rings. The molecule has 0 bridgehead atoms. The van der Waals surface area contributed by atoms with Gasteiger partial charge in [-0.05, 0) is 12.5 Å². The van der Waals surface area contributed by atoms with Crippen molar-refractivity contribution < 1.29 is 26.3 Å². The van der Waals surface area contributed by atoms with Crippen LogP contribution in [-0.2, 0) is 7.05 Å². The van der Waals surface area contributed by atoms with E-state index in [0.717, 1.165) is 0 Å². The van der Waals surface area contributed by atoms with Crippen molar-refractivity contribution in [3.63, 3.8) is 0 Å². The van der Waals surface area contributed by atoms with Crippen LogP contribution in [0.1, 0.15) is 5.56 Å². The zero-order chi connectivity index (χ0) is 11.5. The van der Waals surface area contributed by atoms with Crippen LogP contribution in [0.2, 0.25) is 0 Å². The number of azide groups is 1. The molecule has 0 unspecified atom stereocenters. The van der Waals surface area contributed by atoms with Crippen molar-refractivity contribution in [2.75, 3.05) is 0 Å².